The van der Waals surface area contributed by atoms with Crippen LogP contribution in [0.2, 0.25) is 0 Å². The molecular formula is C23H24N2O4. The van der Waals surface area contributed by atoms with Crippen LogP contribution in [0.1, 0.15) is 29.2 Å². The lowest BCUT2D eigenvalue weighted by atomic mass is 10.0. The summed E-state index contributed by atoms with van der Waals surface area (Å²) in [7, 11) is 0. The molecule has 0 radical (unpaired) electrons. The lowest BCUT2D eigenvalue weighted by molar-refractivity contribution is -0.120. The Bertz CT molecular complexity index is 1120. The van der Waals surface area contributed by atoms with E-state index in [1.54, 1.807) is 18.5 Å². The molecule has 150 valence electrons. The second kappa shape index (κ2) is 8.73. The molecule has 3 aromatic rings. The van der Waals surface area contributed by atoms with Gasteiger partial charge in [0.15, 0.2) is 0 Å². The second-order valence-electron chi connectivity index (χ2n) is 7.12. The molecule has 0 aliphatic carbocycles. The van der Waals surface area contributed by atoms with E-state index in [2.05, 4.69) is 16.9 Å². The minimum absolute atomic E-state index is 0.0443. The Hall–Kier alpha value is -3.41. The van der Waals surface area contributed by atoms with E-state index in [9.17, 15) is 9.59 Å². The second-order valence-corrected chi connectivity index (χ2v) is 7.12. The van der Waals surface area contributed by atoms with Crippen molar-refractivity contribution in [2.45, 2.75) is 33.7 Å². The fraction of sp³-hybridized carbons (Fsp3) is 0.261. The van der Waals surface area contributed by atoms with Crippen molar-refractivity contribution in [2.75, 3.05) is 6.61 Å². The highest BCUT2D eigenvalue weighted by molar-refractivity contribution is 5.87. The predicted octanol–water partition coefficient (Wildman–Crippen LogP) is 3.62. The number of nitrogens with one attached hydrogen (secondary N) is 1. The third kappa shape index (κ3) is 4.71. The summed E-state index contributed by atoms with van der Waals surface area (Å²) in [6, 6.07) is 7.38. The highest BCUT2D eigenvalue weighted by atomic mass is 16.5. The normalized spacial score (nSPS) is 10.7. The van der Waals surface area contributed by atoms with E-state index in [4.69, 9.17) is 9.15 Å². The van der Waals surface area contributed by atoms with Gasteiger partial charge in [-0.25, -0.2) is 4.79 Å². The third-order valence-electron chi connectivity index (χ3n) is 4.68. The maximum atomic E-state index is 12.6. The predicted molar refractivity (Wildman–Crippen MR) is 112 cm³/mol. The van der Waals surface area contributed by atoms with Crippen LogP contribution in [0, 0.1) is 13.8 Å². The van der Waals surface area contributed by atoms with Gasteiger partial charge in [0.05, 0.1) is 12.0 Å². The summed E-state index contributed by atoms with van der Waals surface area (Å²) >= 11 is 0. The molecule has 1 amide bonds. The zero-order valence-electron chi connectivity index (χ0n) is 16.9. The number of fused-ring (bicyclic) bond motifs is 1. The molecule has 6 nitrogen and oxygen atoms in total. The maximum Gasteiger partial charge on any atom is 0.340 e. The molecule has 2 heterocycles. The first kappa shape index (κ1) is 20.3. The average Bonchev–Trinajstić information content (AvgIpc) is 2.70. The van der Waals surface area contributed by atoms with Crippen molar-refractivity contribution in [2.24, 2.45) is 0 Å². The Labute approximate surface area is 169 Å². The molecule has 1 aromatic carbocycles. The van der Waals surface area contributed by atoms with Crippen LogP contribution in [0.4, 0.5) is 0 Å². The van der Waals surface area contributed by atoms with Gasteiger partial charge in [0.1, 0.15) is 17.9 Å². The fourth-order valence-electron chi connectivity index (χ4n) is 3.06. The SMILES string of the molecule is C=C(C)COc1ccc2c(C)c(CC(=O)NCc3cccnc3)c(=O)oc2c1C. The molecule has 0 atom stereocenters. The summed E-state index contributed by atoms with van der Waals surface area (Å²) in [6.07, 6.45) is 3.31. The van der Waals surface area contributed by atoms with E-state index < -0.39 is 5.63 Å². The summed E-state index contributed by atoms with van der Waals surface area (Å²) in [5.74, 6) is 0.395. The van der Waals surface area contributed by atoms with Crippen molar-refractivity contribution in [1.82, 2.24) is 10.3 Å². The monoisotopic (exact) mass is 392 g/mol. The number of nitrogens with zero attached hydrogens (tertiary/aromatic N) is 1. The summed E-state index contributed by atoms with van der Waals surface area (Å²) < 4.78 is 11.3. The average molecular weight is 392 g/mol. The van der Waals surface area contributed by atoms with Crippen LogP contribution in [-0.2, 0) is 17.8 Å². The van der Waals surface area contributed by atoms with Gasteiger partial charge in [0, 0.05) is 29.9 Å². The molecule has 2 aromatic heterocycles. The van der Waals surface area contributed by atoms with Crippen molar-refractivity contribution < 1.29 is 13.9 Å². The standard InChI is InChI=1S/C23H24N2O4/c1-14(2)13-28-20-8-7-18-15(3)19(23(27)29-22(18)16(20)4)10-21(26)25-12-17-6-5-9-24-11-17/h5-9,11H,1,10,12-13H2,2-4H3,(H,25,26). The number of aryl methyl sites for hydroxylation is 2. The fourth-order valence-corrected chi connectivity index (χ4v) is 3.06. The number of pyridine rings is 1. The minimum atomic E-state index is -0.508. The van der Waals surface area contributed by atoms with E-state index in [1.807, 2.05) is 39.0 Å². The van der Waals surface area contributed by atoms with Gasteiger partial charge in [0.25, 0.3) is 0 Å². The largest absolute Gasteiger partial charge is 0.489 e. The Kier molecular flexibility index (Phi) is 6.12. The minimum Gasteiger partial charge on any atom is -0.489 e. The van der Waals surface area contributed by atoms with Crippen molar-refractivity contribution in [3.05, 3.63) is 81.5 Å². The number of ether oxygens (including phenoxy) is 1. The smallest absolute Gasteiger partial charge is 0.340 e. The first-order valence-electron chi connectivity index (χ1n) is 9.35. The molecule has 3 rings (SSSR count). The summed E-state index contributed by atoms with van der Waals surface area (Å²) in [6.45, 7) is 10.1. The van der Waals surface area contributed by atoms with Crippen LogP contribution >= 0.6 is 0 Å². The Morgan fingerprint density at radius 2 is 2.03 bits per heavy atom. The molecule has 6 heteroatoms. The van der Waals surface area contributed by atoms with Gasteiger partial charge in [-0.3, -0.25) is 9.78 Å². The van der Waals surface area contributed by atoms with Gasteiger partial charge in [-0.05, 0) is 55.7 Å². The topological polar surface area (TPSA) is 81.4 Å². The van der Waals surface area contributed by atoms with Gasteiger partial charge in [-0.1, -0.05) is 12.6 Å². The maximum absolute atomic E-state index is 12.6. The number of rotatable bonds is 7. The number of benzene rings is 1. The zero-order valence-corrected chi connectivity index (χ0v) is 16.9. The van der Waals surface area contributed by atoms with E-state index in [0.717, 1.165) is 27.6 Å². The highest BCUT2D eigenvalue weighted by Gasteiger charge is 2.17. The number of amides is 1. The third-order valence-corrected chi connectivity index (χ3v) is 4.68. The Morgan fingerprint density at radius 1 is 1.24 bits per heavy atom. The van der Waals surface area contributed by atoms with E-state index in [1.165, 1.54) is 0 Å². The molecule has 0 saturated carbocycles. The van der Waals surface area contributed by atoms with Crippen molar-refractivity contribution >= 4 is 16.9 Å². The van der Waals surface area contributed by atoms with Crippen LogP contribution < -0.4 is 15.7 Å². The first-order chi connectivity index (χ1) is 13.9. The van der Waals surface area contributed by atoms with E-state index >= 15 is 0 Å². The molecule has 0 unspecified atom stereocenters. The molecule has 0 aliphatic rings. The molecule has 0 bridgehead atoms. The molecule has 0 fully saturated rings. The van der Waals surface area contributed by atoms with Crippen LogP contribution in [0.15, 0.2) is 58.0 Å². The highest BCUT2D eigenvalue weighted by Crippen LogP contribution is 2.29. The van der Waals surface area contributed by atoms with Crippen LogP contribution in [0.25, 0.3) is 11.0 Å². The number of carbonyl (C=O) groups excluding carboxylic acids is 1. The number of hydrogen-bond acceptors (Lipinski definition) is 5. The Morgan fingerprint density at radius 3 is 2.72 bits per heavy atom. The summed E-state index contributed by atoms with van der Waals surface area (Å²) in [5, 5.41) is 3.60. The summed E-state index contributed by atoms with van der Waals surface area (Å²) in [5.41, 5.74) is 3.60. The van der Waals surface area contributed by atoms with Gasteiger partial charge in [-0.2, -0.15) is 0 Å². The Balaban J connectivity index is 1.83. The molecule has 29 heavy (non-hydrogen) atoms. The van der Waals surface area contributed by atoms with Crippen LogP contribution in [-0.4, -0.2) is 17.5 Å². The van der Waals surface area contributed by atoms with Gasteiger partial charge < -0.3 is 14.5 Å². The number of hydrogen-bond donors (Lipinski definition) is 1. The van der Waals surface area contributed by atoms with Gasteiger partial charge in [0.2, 0.25) is 5.91 Å². The quantitative estimate of drug-likeness (QED) is 0.491. The molecular weight excluding hydrogens is 368 g/mol. The lowest BCUT2D eigenvalue weighted by Crippen LogP contribution is -2.27. The van der Waals surface area contributed by atoms with Crippen LogP contribution in [0.5, 0.6) is 5.75 Å². The van der Waals surface area contributed by atoms with Crippen molar-refractivity contribution in [3.63, 3.8) is 0 Å². The lowest BCUT2D eigenvalue weighted by Gasteiger charge is -2.13. The zero-order chi connectivity index (χ0) is 21.0. The molecule has 1 N–H and O–H groups in total. The summed E-state index contributed by atoms with van der Waals surface area (Å²) in [4.78, 5) is 29.0. The van der Waals surface area contributed by atoms with Crippen molar-refractivity contribution in [1.29, 1.82) is 0 Å². The molecule has 0 saturated heterocycles. The van der Waals surface area contributed by atoms with Crippen LogP contribution in [0.3, 0.4) is 0 Å². The van der Waals surface area contributed by atoms with E-state index in [0.29, 0.717) is 30.0 Å². The number of aromatic nitrogens is 1. The van der Waals surface area contributed by atoms with Gasteiger partial charge in [-0.15, -0.1) is 0 Å². The molecule has 0 spiro atoms. The first-order valence-corrected chi connectivity index (χ1v) is 9.35. The molecule has 0 aliphatic heterocycles. The van der Waals surface area contributed by atoms with Gasteiger partial charge >= 0.3 is 5.63 Å². The van der Waals surface area contributed by atoms with E-state index in [-0.39, 0.29) is 12.3 Å². The number of carbonyl (C=O) groups is 1. The van der Waals surface area contributed by atoms with Crippen molar-refractivity contribution in [3.8, 4) is 5.75 Å².